The van der Waals surface area contributed by atoms with Gasteiger partial charge in [-0.15, -0.1) is 0 Å². The topological polar surface area (TPSA) is 26.3 Å². The van der Waals surface area contributed by atoms with Crippen LogP contribution in [0.4, 0.5) is 0 Å². The molecule has 0 unspecified atom stereocenters. The monoisotopic (exact) mass is 292 g/mol. The molecule has 0 atom stereocenters. The Morgan fingerprint density at radius 3 is 2.40 bits per heavy atom. The first kappa shape index (κ1) is 11.2. The van der Waals surface area contributed by atoms with E-state index < -0.39 is 4.77 Å². The van der Waals surface area contributed by atoms with Crippen molar-refractivity contribution < 1.29 is 9.09 Å². The van der Waals surface area contributed by atoms with Crippen LogP contribution in [0.2, 0.25) is 0 Å². The molecule has 5 heteroatoms. The fourth-order valence-electron chi connectivity index (χ4n) is 0.523. The summed E-state index contributed by atoms with van der Waals surface area (Å²) in [5.41, 5.74) is 0. The molecule has 0 saturated heterocycles. The SMILES string of the molecule is CCCCCOP(=O)(Br)Br. The van der Waals surface area contributed by atoms with Gasteiger partial charge >= 0.3 is 4.77 Å². The van der Waals surface area contributed by atoms with E-state index in [0.717, 1.165) is 19.3 Å². The summed E-state index contributed by atoms with van der Waals surface area (Å²) < 4.78 is 13.1. The molecule has 0 radical (unpaired) electrons. The third kappa shape index (κ3) is 9.15. The fourth-order valence-corrected chi connectivity index (χ4v) is 1.73. The van der Waals surface area contributed by atoms with E-state index in [4.69, 9.17) is 4.52 Å². The second-order valence-electron chi connectivity index (χ2n) is 1.95. The molecular weight excluding hydrogens is 283 g/mol. The van der Waals surface area contributed by atoms with Gasteiger partial charge in [0.1, 0.15) is 0 Å². The molecule has 0 heterocycles. The summed E-state index contributed by atoms with van der Waals surface area (Å²) in [6, 6.07) is 0. The Morgan fingerprint density at radius 1 is 1.40 bits per heavy atom. The van der Waals surface area contributed by atoms with Crippen molar-refractivity contribution in [3.8, 4) is 0 Å². The number of unbranched alkanes of at least 4 members (excludes halogenated alkanes) is 2. The van der Waals surface area contributed by atoms with Crippen molar-refractivity contribution in [3.63, 3.8) is 0 Å². The van der Waals surface area contributed by atoms with E-state index in [2.05, 4.69) is 37.9 Å². The molecule has 62 valence electrons. The van der Waals surface area contributed by atoms with Crippen LogP contribution in [0.25, 0.3) is 0 Å². The van der Waals surface area contributed by atoms with E-state index in [9.17, 15) is 4.57 Å². The number of hydrogen-bond acceptors (Lipinski definition) is 2. The van der Waals surface area contributed by atoms with Gasteiger partial charge in [-0.3, -0.25) is 4.57 Å². The van der Waals surface area contributed by atoms with Crippen LogP contribution in [0.3, 0.4) is 0 Å². The Kier molecular flexibility index (Phi) is 6.42. The summed E-state index contributed by atoms with van der Waals surface area (Å²) in [7, 11) is 0. The van der Waals surface area contributed by atoms with E-state index in [1.807, 2.05) is 0 Å². The summed E-state index contributed by atoms with van der Waals surface area (Å²) in [5, 5.41) is 0. The maximum absolute atomic E-state index is 10.8. The van der Waals surface area contributed by atoms with Crippen LogP contribution in [-0.4, -0.2) is 6.61 Å². The van der Waals surface area contributed by atoms with Gasteiger partial charge in [-0.2, -0.15) is 0 Å². The third-order valence-electron chi connectivity index (χ3n) is 0.989. The van der Waals surface area contributed by atoms with Crippen molar-refractivity contribution in [1.82, 2.24) is 0 Å². The second kappa shape index (κ2) is 5.76. The summed E-state index contributed by atoms with van der Waals surface area (Å²) >= 11 is 5.76. The van der Waals surface area contributed by atoms with E-state index >= 15 is 0 Å². The molecule has 0 saturated carbocycles. The summed E-state index contributed by atoms with van der Waals surface area (Å²) in [4.78, 5) is 0. The lowest BCUT2D eigenvalue weighted by Crippen LogP contribution is -1.85. The Hall–Kier alpha value is 1.15. The normalized spacial score (nSPS) is 11.9. The molecule has 0 aromatic carbocycles. The van der Waals surface area contributed by atoms with Gasteiger partial charge in [0.15, 0.2) is 0 Å². The first-order valence-corrected chi connectivity index (χ1v) is 8.86. The predicted octanol–water partition coefficient (Wildman–Crippen LogP) is 4.09. The lowest BCUT2D eigenvalue weighted by Gasteiger charge is -2.02. The Labute approximate surface area is 77.6 Å². The van der Waals surface area contributed by atoms with Crippen LogP contribution >= 0.6 is 35.8 Å². The van der Waals surface area contributed by atoms with Crippen LogP contribution in [0.1, 0.15) is 26.2 Å². The number of rotatable bonds is 5. The molecule has 0 aliphatic heterocycles. The minimum Gasteiger partial charge on any atom is -0.313 e. The molecule has 0 aliphatic rings. The summed E-state index contributed by atoms with van der Waals surface area (Å²) in [6.45, 7) is 2.67. The fraction of sp³-hybridized carbons (Fsp3) is 1.00. The molecule has 0 amide bonds. The van der Waals surface area contributed by atoms with Crippen molar-refractivity contribution in [2.75, 3.05) is 6.61 Å². The first-order valence-electron chi connectivity index (χ1n) is 3.20. The van der Waals surface area contributed by atoms with Gasteiger partial charge in [0.2, 0.25) is 0 Å². The van der Waals surface area contributed by atoms with Crippen molar-refractivity contribution in [2.24, 2.45) is 0 Å². The second-order valence-corrected chi connectivity index (χ2v) is 11.5. The Balaban J connectivity index is 3.13. The molecule has 0 rings (SSSR count). The zero-order chi connectivity index (χ0) is 8.04. The lowest BCUT2D eigenvalue weighted by atomic mass is 10.3. The van der Waals surface area contributed by atoms with Crippen molar-refractivity contribution in [2.45, 2.75) is 26.2 Å². The predicted molar refractivity (Wildman–Crippen MR) is 50.9 cm³/mol. The van der Waals surface area contributed by atoms with Crippen molar-refractivity contribution >= 4 is 35.8 Å². The zero-order valence-corrected chi connectivity index (χ0v) is 9.91. The van der Waals surface area contributed by atoms with E-state index in [-0.39, 0.29) is 0 Å². The molecule has 0 fully saturated rings. The highest BCUT2D eigenvalue weighted by atomic mass is 79.9. The van der Waals surface area contributed by atoms with Crippen LogP contribution in [0.5, 0.6) is 0 Å². The van der Waals surface area contributed by atoms with Crippen molar-refractivity contribution in [3.05, 3.63) is 0 Å². The minimum atomic E-state index is -2.58. The van der Waals surface area contributed by atoms with Crippen LogP contribution in [-0.2, 0) is 9.09 Å². The number of hydrogen-bond donors (Lipinski definition) is 0. The van der Waals surface area contributed by atoms with Crippen LogP contribution < -0.4 is 0 Å². The largest absolute Gasteiger partial charge is 0.328 e. The molecule has 0 N–H and O–H groups in total. The molecule has 0 bridgehead atoms. The van der Waals surface area contributed by atoms with Gasteiger partial charge in [-0.25, -0.2) is 0 Å². The average molecular weight is 294 g/mol. The van der Waals surface area contributed by atoms with E-state index in [0.29, 0.717) is 6.61 Å². The maximum Gasteiger partial charge on any atom is 0.328 e. The van der Waals surface area contributed by atoms with Gasteiger partial charge < -0.3 is 4.52 Å². The summed E-state index contributed by atoms with van der Waals surface area (Å²) in [5.74, 6) is 0. The quantitative estimate of drug-likeness (QED) is 0.564. The summed E-state index contributed by atoms with van der Waals surface area (Å²) in [6.07, 6.45) is 3.25. The molecular formula is C5H11Br2O2P. The Morgan fingerprint density at radius 2 is 2.00 bits per heavy atom. The zero-order valence-electron chi connectivity index (χ0n) is 5.85. The highest BCUT2D eigenvalue weighted by Crippen LogP contribution is 2.62. The standard InChI is InChI=1S/C5H11Br2O2P/c1-2-3-4-5-9-10(6,7)8/h2-5H2,1H3. The molecule has 2 nitrogen and oxygen atoms in total. The third-order valence-corrected chi connectivity index (χ3v) is 2.70. The minimum absolute atomic E-state index is 0.557. The maximum atomic E-state index is 10.8. The highest BCUT2D eigenvalue weighted by Gasteiger charge is 2.10. The van der Waals surface area contributed by atoms with Gasteiger partial charge in [-0.1, -0.05) is 19.8 Å². The Bertz CT molecular complexity index is 123. The molecule has 10 heavy (non-hydrogen) atoms. The van der Waals surface area contributed by atoms with Crippen molar-refractivity contribution in [1.29, 1.82) is 0 Å². The van der Waals surface area contributed by atoms with Crippen LogP contribution in [0, 0.1) is 0 Å². The van der Waals surface area contributed by atoms with Crippen LogP contribution in [0.15, 0.2) is 0 Å². The molecule has 0 aliphatic carbocycles. The molecule has 0 spiro atoms. The van der Waals surface area contributed by atoms with Gasteiger partial charge in [0.25, 0.3) is 0 Å². The van der Waals surface area contributed by atoms with Gasteiger partial charge in [0, 0.05) is 31.0 Å². The average Bonchev–Trinajstić information content (AvgIpc) is 1.78. The highest BCUT2D eigenvalue weighted by molar-refractivity contribution is 9.70. The number of halogens is 2. The smallest absolute Gasteiger partial charge is 0.313 e. The molecule has 0 aromatic rings. The lowest BCUT2D eigenvalue weighted by molar-refractivity contribution is 0.325. The molecule has 0 aromatic heterocycles. The van der Waals surface area contributed by atoms with E-state index in [1.165, 1.54) is 0 Å². The van der Waals surface area contributed by atoms with Gasteiger partial charge in [-0.05, 0) is 6.42 Å². The van der Waals surface area contributed by atoms with E-state index in [1.54, 1.807) is 0 Å². The van der Waals surface area contributed by atoms with Gasteiger partial charge in [0.05, 0.1) is 6.61 Å². The first-order chi connectivity index (χ1) is 4.56.